The van der Waals surface area contributed by atoms with Gasteiger partial charge in [-0.2, -0.15) is 5.10 Å². The van der Waals surface area contributed by atoms with Crippen LogP contribution < -0.4 is 5.73 Å². The molecule has 14 heavy (non-hydrogen) atoms. The lowest BCUT2D eigenvalue weighted by Gasteiger charge is -1.98. The molecule has 2 rings (SSSR count). The molecule has 0 aliphatic heterocycles. The Morgan fingerprint density at radius 2 is 2.29 bits per heavy atom. The molecule has 1 heterocycles. The van der Waals surface area contributed by atoms with Crippen LogP contribution in [0.25, 0.3) is 0 Å². The molecular formula is C8H12N4O2. The Labute approximate surface area is 80.6 Å². The number of rotatable bonds is 2. The zero-order valence-corrected chi connectivity index (χ0v) is 8.02. The Balaban J connectivity index is 2.35. The third-order valence-electron chi connectivity index (χ3n) is 3.07. The molecule has 0 radical (unpaired) electrons. The monoisotopic (exact) mass is 196 g/mol. The second-order valence-corrected chi connectivity index (χ2v) is 4.25. The second-order valence-electron chi connectivity index (χ2n) is 4.25. The summed E-state index contributed by atoms with van der Waals surface area (Å²) in [5, 5.41) is 17.0. The van der Waals surface area contributed by atoms with Crippen molar-refractivity contribution in [2.24, 2.45) is 11.1 Å². The van der Waals surface area contributed by atoms with Crippen molar-refractivity contribution in [2.45, 2.75) is 25.8 Å². The van der Waals surface area contributed by atoms with E-state index in [9.17, 15) is 10.1 Å². The second kappa shape index (κ2) is 2.54. The van der Waals surface area contributed by atoms with Crippen molar-refractivity contribution >= 4 is 5.69 Å². The summed E-state index contributed by atoms with van der Waals surface area (Å²) in [4.78, 5) is 10.2. The molecular weight excluding hydrogens is 184 g/mol. The van der Waals surface area contributed by atoms with Gasteiger partial charge < -0.3 is 5.73 Å². The first-order valence-electron chi connectivity index (χ1n) is 4.39. The van der Waals surface area contributed by atoms with E-state index in [1.54, 1.807) is 0 Å². The topological polar surface area (TPSA) is 97.8 Å². The van der Waals surface area contributed by atoms with Gasteiger partial charge in [-0.15, -0.1) is 0 Å². The van der Waals surface area contributed by atoms with E-state index in [4.69, 9.17) is 5.73 Å². The zero-order chi connectivity index (χ0) is 10.5. The molecule has 1 aliphatic carbocycles. The maximum Gasteiger partial charge on any atom is 0.310 e. The van der Waals surface area contributed by atoms with E-state index in [0.717, 1.165) is 0 Å². The lowest BCUT2D eigenvalue weighted by Crippen LogP contribution is -2.06. The highest BCUT2D eigenvalue weighted by atomic mass is 16.6. The molecule has 1 aromatic heterocycles. The Bertz CT molecular complexity index is 384. The van der Waals surface area contributed by atoms with Crippen molar-refractivity contribution in [1.82, 2.24) is 10.2 Å². The van der Waals surface area contributed by atoms with E-state index >= 15 is 0 Å². The molecule has 1 saturated carbocycles. The summed E-state index contributed by atoms with van der Waals surface area (Å²) in [5.41, 5.74) is 6.35. The molecule has 6 heteroatoms. The van der Waals surface area contributed by atoms with Crippen LogP contribution in [0.1, 0.15) is 25.5 Å². The summed E-state index contributed by atoms with van der Waals surface area (Å²) in [6.07, 6.45) is 1.23. The van der Waals surface area contributed by atoms with Crippen molar-refractivity contribution in [2.75, 3.05) is 0 Å². The predicted octanol–water partition coefficient (Wildman–Crippen LogP) is 0.769. The first-order valence-corrected chi connectivity index (χ1v) is 4.39. The van der Waals surface area contributed by atoms with Crippen LogP contribution in [0.2, 0.25) is 0 Å². The van der Waals surface area contributed by atoms with E-state index in [1.165, 1.54) is 6.20 Å². The molecule has 0 spiro atoms. The van der Waals surface area contributed by atoms with E-state index in [1.807, 2.05) is 13.8 Å². The zero-order valence-electron chi connectivity index (χ0n) is 8.02. The van der Waals surface area contributed by atoms with E-state index in [0.29, 0.717) is 5.69 Å². The summed E-state index contributed by atoms with van der Waals surface area (Å²) in [6, 6.07) is -0.0263. The van der Waals surface area contributed by atoms with Crippen molar-refractivity contribution in [3.8, 4) is 0 Å². The smallest absolute Gasteiger partial charge is 0.310 e. The lowest BCUT2D eigenvalue weighted by atomic mass is 10.1. The Morgan fingerprint density at radius 1 is 1.71 bits per heavy atom. The molecule has 3 N–H and O–H groups in total. The molecule has 0 saturated heterocycles. The van der Waals surface area contributed by atoms with Gasteiger partial charge in [0.15, 0.2) is 0 Å². The van der Waals surface area contributed by atoms with E-state index < -0.39 is 4.92 Å². The predicted molar refractivity (Wildman–Crippen MR) is 49.7 cm³/mol. The van der Waals surface area contributed by atoms with Gasteiger partial charge in [0.1, 0.15) is 11.9 Å². The van der Waals surface area contributed by atoms with Crippen molar-refractivity contribution in [1.29, 1.82) is 0 Å². The van der Waals surface area contributed by atoms with Gasteiger partial charge in [0.25, 0.3) is 0 Å². The number of nitrogens with one attached hydrogen (secondary N) is 1. The van der Waals surface area contributed by atoms with Crippen LogP contribution in [0.4, 0.5) is 5.69 Å². The summed E-state index contributed by atoms with van der Waals surface area (Å²) in [6.45, 7) is 3.99. The molecule has 6 nitrogen and oxygen atoms in total. The fourth-order valence-corrected chi connectivity index (χ4v) is 1.89. The Morgan fingerprint density at radius 3 is 2.71 bits per heavy atom. The summed E-state index contributed by atoms with van der Waals surface area (Å²) >= 11 is 0. The molecule has 0 bridgehead atoms. The molecule has 76 valence electrons. The van der Waals surface area contributed by atoms with Crippen molar-refractivity contribution < 1.29 is 4.92 Å². The van der Waals surface area contributed by atoms with Gasteiger partial charge in [-0.1, -0.05) is 13.8 Å². The van der Waals surface area contributed by atoms with Gasteiger partial charge in [-0.05, 0) is 5.41 Å². The maximum absolute atomic E-state index is 10.6. The van der Waals surface area contributed by atoms with E-state index in [2.05, 4.69) is 10.2 Å². The minimum atomic E-state index is -0.431. The highest BCUT2D eigenvalue weighted by molar-refractivity contribution is 5.42. The van der Waals surface area contributed by atoms with Crippen molar-refractivity contribution in [3.63, 3.8) is 0 Å². The van der Waals surface area contributed by atoms with Crippen LogP contribution in [-0.4, -0.2) is 21.2 Å². The van der Waals surface area contributed by atoms with Crippen LogP contribution in [-0.2, 0) is 0 Å². The van der Waals surface area contributed by atoms with Crippen molar-refractivity contribution in [3.05, 3.63) is 22.0 Å². The molecule has 0 amide bonds. The van der Waals surface area contributed by atoms with Crippen LogP contribution in [0.3, 0.4) is 0 Å². The quantitative estimate of drug-likeness (QED) is 0.539. The van der Waals surface area contributed by atoms with Gasteiger partial charge in [0.2, 0.25) is 0 Å². The van der Waals surface area contributed by atoms with Gasteiger partial charge >= 0.3 is 5.69 Å². The highest BCUT2D eigenvalue weighted by Gasteiger charge is 2.59. The average Bonchev–Trinajstić information content (AvgIpc) is 2.54. The fourth-order valence-electron chi connectivity index (χ4n) is 1.89. The molecule has 1 aliphatic rings. The first-order chi connectivity index (χ1) is 6.46. The minimum absolute atomic E-state index is 0.0189. The number of nitro groups is 1. The number of aromatic nitrogens is 2. The summed E-state index contributed by atoms with van der Waals surface area (Å²) in [5.74, 6) is 0.0189. The minimum Gasteiger partial charge on any atom is -0.327 e. The van der Waals surface area contributed by atoms with Gasteiger partial charge in [-0.3, -0.25) is 15.2 Å². The van der Waals surface area contributed by atoms with Gasteiger partial charge in [0, 0.05) is 12.0 Å². The summed E-state index contributed by atoms with van der Waals surface area (Å²) in [7, 11) is 0. The number of nitrogens with two attached hydrogens (primary N) is 1. The molecule has 0 unspecified atom stereocenters. The summed E-state index contributed by atoms with van der Waals surface area (Å²) < 4.78 is 0. The van der Waals surface area contributed by atoms with Crippen LogP contribution in [0, 0.1) is 15.5 Å². The highest BCUT2D eigenvalue weighted by Crippen LogP contribution is 2.58. The molecule has 0 aromatic carbocycles. The number of H-pyrrole nitrogens is 1. The standard InChI is InChI=1S/C8H12N4O2/c1-8(2)5(7(8)9)6-4(12(13)14)3-10-11-6/h3,5,7H,9H2,1-2H3,(H,10,11)/t5-,7-/m1/s1. The normalized spacial score (nSPS) is 28.8. The fraction of sp³-hybridized carbons (Fsp3) is 0.625. The molecule has 1 fully saturated rings. The third kappa shape index (κ3) is 1.04. The SMILES string of the molecule is CC1(C)[C@H](N)[C@H]1c1[nH]ncc1[N+](=O)[O-]. The average molecular weight is 196 g/mol. The van der Waals surface area contributed by atoms with Crippen LogP contribution >= 0.6 is 0 Å². The lowest BCUT2D eigenvalue weighted by molar-refractivity contribution is -0.385. The van der Waals surface area contributed by atoms with Crippen LogP contribution in [0.5, 0.6) is 0 Å². The third-order valence-corrected chi connectivity index (χ3v) is 3.07. The number of hydrogen-bond donors (Lipinski definition) is 2. The maximum atomic E-state index is 10.6. The van der Waals surface area contributed by atoms with E-state index in [-0.39, 0.29) is 23.1 Å². The molecule has 2 atom stereocenters. The largest absolute Gasteiger partial charge is 0.327 e. The first kappa shape index (κ1) is 9.14. The van der Waals surface area contributed by atoms with Crippen LogP contribution in [0.15, 0.2) is 6.20 Å². The number of hydrogen-bond acceptors (Lipinski definition) is 4. The Hall–Kier alpha value is -1.43. The van der Waals surface area contributed by atoms with Gasteiger partial charge in [-0.25, -0.2) is 0 Å². The number of nitrogens with zero attached hydrogens (tertiary/aromatic N) is 2. The Kier molecular flexibility index (Phi) is 1.66. The van der Waals surface area contributed by atoms with Gasteiger partial charge in [0.05, 0.1) is 4.92 Å². The molecule has 1 aromatic rings. The number of aromatic amines is 1.